The van der Waals surface area contributed by atoms with Crippen LogP contribution in [0, 0.1) is 5.82 Å². The van der Waals surface area contributed by atoms with E-state index < -0.39 is 23.3 Å². The molecule has 9 heteroatoms. The molecule has 3 N–H and O–H groups in total. The second-order valence-electron chi connectivity index (χ2n) is 7.26. The standard InChI is InChI=1S/C22H19FN4O4/c1-22(20(29)26-21(30)27-22)13-5-4-6-14(11-13)25-18(28)9-10-19-24-12-17(31-19)15-7-2-3-8-16(15)23/h2-8,11-12H,9-10H2,1H3,(H,25,28)(H2,26,27,29,30). The summed E-state index contributed by atoms with van der Waals surface area (Å²) in [5.74, 6) is -0.543. The predicted octanol–water partition coefficient (Wildman–Crippen LogP) is 3.11. The van der Waals surface area contributed by atoms with E-state index in [2.05, 4.69) is 20.9 Å². The van der Waals surface area contributed by atoms with Crippen LogP contribution in [0.15, 0.2) is 59.1 Å². The third-order valence-corrected chi connectivity index (χ3v) is 5.03. The maximum absolute atomic E-state index is 13.9. The van der Waals surface area contributed by atoms with Gasteiger partial charge in [-0.1, -0.05) is 24.3 Å². The van der Waals surface area contributed by atoms with Gasteiger partial charge in [0.1, 0.15) is 11.4 Å². The summed E-state index contributed by atoms with van der Waals surface area (Å²) in [5.41, 5.74) is 0.117. The zero-order chi connectivity index (χ0) is 22.0. The van der Waals surface area contributed by atoms with Crippen molar-refractivity contribution in [3.63, 3.8) is 0 Å². The quantitative estimate of drug-likeness (QED) is 0.529. The molecule has 0 aliphatic carbocycles. The van der Waals surface area contributed by atoms with Crippen LogP contribution in [0.3, 0.4) is 0 Å². The first kappa shape index (κ1) is 20.3. The van der Waals surface area contributed by atoms with Crippen molar-refractivity contribution in [2.45, 2.75) is 25.3 Å². The summed E-state index contributed by atoms with van der Waals surface area (Å²) in [6.45, 7) is 1.59. The monoisotopic (exact) mass is 422 g/mol. The fraction of sp³-hybridized carbons (Fsp3) is 0.182. The van der Waals surface area contributed by atoms with Crippen molar-refractivity contribution in [2.75, 3.05) is 5.32 Å². The molecular formula is C22H19FN4O4. The van der Waals surface area contributed by atoms with Gasteiger partial charge in [-0.25, -0.2) is 14.2 Å². The number of benzene rings is 2. The summed E-state index contributed by atoms with van der Waals surface area (Å²) in [6, 6.07) is 12.3. The molecular weight excluding hydrogens is 403 g/mol. The van der Waals surface area contributed by atoms with Gasteiger partial charge in [0.25, 0.3) is 5.91 Å². The largest absolute Gasteiger partial charge is 0.441 e. The SMILES string of the molecule is CC1(c2cccc(NC(=O)CCc3ncc(-c4ccccc4F)o3)c2)NC(=O)NC1=O. The van der Waals surface area contributed by atoms with Crippen molar-refractivity contribution in [3.8, 4) is 11.3 Å². The van der Waals surface area contributed by atoms with Gasteiger partial charge in [0, 0.05) is 18.5 Å². The van der Waals surface area contributed by atoms with Crippen molar-refractivity contribution < 1.29 is 23.2 Å². The van der Waals surface area contributed by atoms with Crippen molar-refractivity contribution >= 4 is 23.5 Å². The number of nitrogens with zero attached hydrogens (tertiary/aromatic N) is 1. The summed E-state index contributed by atoms with van der Waals surface area (Å²) >= 11 is 0. The molecule has 0 bridgehead atoms. The van der Waals surface area contributed by atoms with Crippen LogP contribution in [0.2, 0.25) is 0 Å². The number of oxazole rings is 1. The summed E-state index contributed by atoms with van der Waals surface area (Å²) in [6.07, 6.45) is 1.75. The maximum atomic E-state index is 13.9. The van der Waals surface area contributed by atoms with Crippen LogP contribution in [0.4, 0.5) is 14.9 Å². The number of carbonyl (C=O) groups is 3. The van der Waals surface area contributed by atoms with E-state index in [1.54, 1.807) is 49.4 Å². The van der Waals surface area contributed by atoms with Crippen LogP contribution in [-0.4, -0.2) is 22.8 Å². The van der Waals surface area contributed by atoms with Gasteiger partial charge in [-0.15, -0.1) is 0 Å². The number of aryl methyl sites for hydroxylation is 1. The number of imide groups is 1. The molecule has 4 rings (SSSR count). The van der Waals surface area contributed by atoms with Crippen molar-refractivity contribution in [1.29, 1.82) is 0 Å². The molecule has 8 nitrogen and oxygen atoms in total. The first-order valence-corrected chi connectivity index (χ1v) is 9.59. The lowest BCUT2D eigenvalue weighted by Crippen LogP contribution is -2.40. The van der Waals surface area contributed by atoms with Gasteiger partial charge in [0.2, 0.25) is 5.91 Å². The Morgan fingerprint density at radius 3 is 2.74 bits per heavy atom. The number of nitrogens with one attached hydrogen (secondary N) is 3. The third-order valence-electron chi connectivity index (χ3n) is 5.03. The maximum Gasteiger partial charge on any atom is 0.322 e. The third kappa shape index (κ3) is 4.16. The highest BCUT2D eigenvalue weighted by atomic mass is 19.1. The molecule has 4 amide bonds. The molecule has 0 saturated carbocycles. The molecule has 158 valence electrons. The lowest BCUT2D eigenvalue weighted by atomic mass is 9.92. The Hall–Kier alpha value is -4.01. The van der Waals surface area contributed by atoms with Gasteiger partial charge in [-0.2, -0.15) is 0 Å². The lowest BCUT2D eigenvalue weighted by molar-refractivity contribution is -0.123. The fourth-order valence-electron chi connectivity index (χ4n) is 3.31. The molecule has 1 aliphatic rings. The number of urea groups is 1. The van der Waals surface area contributed by atoms with Crippen LogP contribution in [0.5, 0.6) is 0 Å². The van der Waals surface area contributed by atoms with Crippen molar-refractivity contribution in [1.82, 2.24) is 15.6 Å². The smallest absolute Gasteiger partial charge is 0.322 e. The number of aromatic nitrogens is 1. The topological polar surface area (TPSA) is 113 Å². The van der Waals surface area contributed by atoms with E-state index in [0.29, 0.717) is 28.5 Å². The highest BCUT2D eigenvalue weighted by molar-refractivity contribution is 6.07. The molecule has 2 heterocycles. The van der Waals surface area contributed by atoms with Gasteiger partial charge >= 0.3 is 6.03 Å². The van der Waals surface area contributed by atoms with Crippen LogP contribution in [0.25, 0.3) is 11.3 Å². The van der Waals surface area contributed by atoms with Crippen molar-refractivity contribution in [3.05, 3.63) is 72.0 Å². The van der Waals surface area contributed by atoms with Gasteiger partial charge in [0.05, 0.1) is 11.8 Å². The molecule has 1 atom stereocenters. The summed E-state index contributed by atoms with van der Waals surface area (Å²) in [7, 11) is 0. The minimum absolute atomic E-state index is 0.0932. The van der Waals surface area contributed by atoms with Crippen LogP contribution in [0.1, 0.15) is 24.8 Å². The lowest BCUT2D eigenvalue weighted by Gasteiger charge is -2.21. The predicted molar refractivity (Wildman–Crippen MR) is 109 cm³/mol. The van der Waals surface area contributed by atoms with Gasteiger partial charge < -0.3 is 15.1 Å². The minimum atomic E-state index is -1.21. The van der Waals surface area contributed by atoms with E-state index in [4.69, 9.17) is 4.42 Å². The summed E-state index contributed by atoms with van der Waals surface area (Å²) < 4.78 is 19.4. The molecule has 1 aromatic heterocycles. The number of rotatable bonds is 6. The number of carbonyl (C=O) groups excluding carboxylic acids is 3. The summed E-state index contributed by atoms with van der Waals surface area (Å²) in [5, 5.41) is 7.54. The number of hydrogen-bond acceptors (Lipinski definition) is 5. The van der Waals surface area contributed by atoms with E-state index in [1.807, 2.05) is 0 Å². The van der Waals surface area contributed by atoms with Crippen molar-refractivity contribution in [2.24, 2.45) is 0 Å². The van der Waals surface area contributed by atoms with Gasteiger partial charge in [0.15, 0.2) is 11.7 Å². The Balaban J connectivity index is 1.39. The fourth-order valence-corrected chi connectivity index (χ4v) is 3.31. The Kier molecular flexibility index (Phi) is 5.24. The van der Waals surface area contributed by atoms with E-state index in [9.17, 15) is 18.8 Å². The second kappa shape index (κ2) is 8.02. The summed E-state index contributed by atoms with van der Waals surface area (Å²) in [4.78, 5) is 40.1. The first-order chi connectivity index (χ1) is 14.8. The molecule has 2 aromatic carbocycles. The van der Waals surface area contributed by atoms with E-state index in [0.717, 1.165) is 0 Å². The molecule has 0 spiro atoms. The molecule has 31 heavy (non-hydrogen) atoms. The number of anilines is 1. The molecule has 1 aliphatic heterocycles. The Morgan fingerprint density at radius 1 is 1.19 bits per heavy atom. The second-order valence-corrected chi connectivity index (χ2v) is 7.26. The highest BCUT2D eigenvalue weighted by Gasteiger charge is 2.43. The Morgan fingerprint density at radius 2 is 2.00 bits per heavy atom. The van der Waals surface area contributed by atoms with E-state index >= 15 is 0 Å². The average molecular weight is 422 g/mol. The van der Waals surface area contributed by atoms with Crippen LogP contribution in [-0.2, 0) is 21.5 Å². The molecule has 1 fully saturated rings. The minimum Gasteiger partial charge on any atom is -0.441 e. The normalized spacial score (nSPS) is 17.9. The molecule has 1 saturated heterocycles. The van der Waals surface area contributed by atoms with Crippen LogP contribution >= 0.6 is 0 Å². The number of halogens is 1. The zero-order valence-corrected chi connectivity index (χ0v) is 16.6. The van der Waals surface area contributed by atoms with E-state index in [1.165, 1.54) is 12.3 Å². The van der Waals surface area contributed by atoms with Crippen LogP contribution < -0.4 is 16.0 Å². The van der Waals surface area contributed by atoms with Gasteiger partial charge in [-0.3, -0.25) is 14.9 Å². The molecule has 1 unspecified atom stereocenters. The Labute approximate surface area is 176 Å². The zero-order valence-electron chi connectivity index (χ0n) is 16.6. The molecule has 3 aromatic rings. The number of amides is 4. The van der Waals surface area contributed by atoms with Gasteiger partial charge in [-0.05, 0) is 36.8 Å². The average Bonchev–Trinajstić information content (AvgIpc) is 3.31. The Bertz CT molecular complexity index is 1180. The van der Waals surface area contributed by atoms with E-state index in [-0.39, 0.29) is 18.7 Å². The first-order valence-electron chi connectivity index (χ1n) is 9.59. The number of hydrogen-bond donors (Lipinski definition) is 3. The molecule has 0 radical (unpaired) electrons. The highest BCUT2D eigenvalue weighted by Crippen LogP contribution is 2.27.